The summed E-state index contributed by atoms with van der Waals surface area (Å²) in [6.07, 6.45) is 5.31. The molecule has 0 spiro atoms. The van der Waals surface area contributed by atoms with Gasteiger partial charge in [-0.25, -0.2) is 0 Å². The van der Waals surface area contributed by atoms with Crippen molar-refractivity contribution in [2.24, 2.45) is 10.8 Å². The lowest BCUT2D eigenvalue weighted by Crippen LogP contribution is -2.35. The van der Waals surface area contributed by atoms with Crippen LogP contribution in [0, 0.1) is 10.8 Å². The van der Waals surface area contributed by atoms with Crippen molar-refractivity contribution < 1.29 is 0 Å². The summed E-state index contributed by atoms with van der Waals surface area (Å²) in [7, 11) is 0. The Balaban J connectivity index is 2.26. The zero-order valence-corrected chi connectivity index (χ0v) is 11.3. The Morgan fingerprint density at radius 2 is 1.81 bits per heavy atom. The Morgan fingerprint density at radius 3 is 2.25 bits per heavy atom. The van der Waals surface area contributed by atoms with Gasteiger partial charge in [0.05, 0.1) is 0 Å². The van der Waals surface area contributed by atoms with E-state index in [4.69, 9.17) is 11.6 Å². The van der Waals surface area contributed by atoms with Crippen LogP contribution < -0.4 is 0 Å². The molecule has 1 heterocycles. The van der Waals surface area contributed by atoms with Crippen molar-refractivity contribution in [2.45, 2.75) is 53.0 Å². The van der Waals surface area contributed by atoms with E-state index in [0.717, 1.165) is 12.8 Å². The molecule has 2 rings (SSSR count). The number of hydrogen-bond acceptors (Lipinski definition) is 2. The van der Waals surface area contributed by atoms with Gasteiger partial charge in [0.15, 0.2) is 0 Å². The first-order chi connectivity index (χ1) is 7.29. The average Bonchev–Trinajstić information content (AvgIpc) is 2.45. The molecule has 0 saturated heterocycles. The molecule has 0 aliphatic heterocycles. The zero-order chi connectivity index (χ0) is 12.0. The molecule has 0 radical (unpaired) electrons. The van der Waals surface area contributed by atoms with Gasteiger partial charge in [-0.3, -0.25) is 0 Å². The SMILES string of the molecule is CC1(C)CC(n2cnnc2Cl)CC(C)(C)C1. The third-order valence-corrected chi connectivity index (χ3v) is 3.73. The van der Waals surface area contributed by atoms with E-state index in [1.54, 1.807) is 6.33 Å². The smallest absolute Gasteiger partial charge is 0.225 e. The maximum absolute atomic E-state index is 6.05. The summed E-state index contributed by atoms with van der Waals surface area (Å²) in [5, 5.41) is 8.25. The lowest BCUT2D eigenvalue weighted by molar-refractivity contribution is 0.0722. The predicted octanol–water partition coefficient (Wildman–Crippen LogP) is 3.71. The molecule has 0 amide bonds. The van der Waals surface area contributed by atoms with Crippen LogP contribution in [0.3, 0.4) is 0 Å². The zero-order valence-electron chi connectivity index (χ0n) is 10.5. The molecule has 1 aromatic rings. The largest absolute Gasteiger partial charge is 0.301 e. The molecule has 1 aliphatic rings. The molecule has 1 saturated carbocycles. The summed E-state index contributed by atoms with van der Waals surface area (Å²) in [6.45, 7) is 9.33. The van der Waals surface area contributed by atoms with Crippen molar-refractivity contribution >= 4 is 11.6 Å². The quantitative estimate of drug-likeness (QED) is 0.751. The van der Waals surface area contributed by atoms with E-state index < -0.39 is 0 Å². The Labute approximate surface area is 102 Å². The van der Waals surface area contributed by atoms with Crippen molar-refractivity contribution in [3.8, 4) is 0 Å². The summed E-state index contributed by atoms with van der Waals surface area (Å²) in [5.74, 6) is 0. The second-order valence-corrected chi connectivity index (χ2v) is 6.91. The molecule has 1 aliphatic carbocycles. The minimum Gasteiger partial charge on any atom is -0.301 e. The number of hydrogen-bond donors (Lipinski definition) is 0. The van der Waals surface area contributed by atoms with E-state index in [9.17, 15) is 0 Å². The Morgan fingerprint density at radius 1 is 1.25 bits per heavy atom. The summed E-state index contributed by atoms with van der Waals surface area (Å²) in [6, 6.07) is 0.432. The van der Waals surface area contributed by atoms with E-state index in [-0.39, 0.29) is 0 Å². The number of nitrogens with zero attached hydrogens (tertiary/aromatic N) is 3. The average molecular weight is 242 g/mol. The van der Waals surface area contributed by atoms with Crippen LogP contribution in [0.5, 0.6) is 0 Å². The van der Waals surface area contributed by atoms with Gasteiger partial charge in [0.2, 0.25) is 5.28 Å². The lowest BCUT2D eigenvalue weighted by atomic mass is 9.63. The molecular formula is C12H20ClN3. The summed E-state index contributed by atoms with van der Waals surface area (Å²) in [4.78, 5) is 0. The van der Waals surface area contributed by atoms with Gasteiger partial charge in [-0.2, -0.15) is 0 Å². The molecular weight excluding hydrogens is 222 g/mol. The van der Waals surface area contributed by atoms with Gasteiger partial charge in [-0.15, -0.1) is 10.2 Å². The summed E-state index contributed by atoms with van der Waals surface area (Å²) < 4.78 is 2.02. The van der Waals surface area contributed by atoms with Crippen molar-refractivity contribution in [3.63, 3.8) is 0 Å². The van der Waals surface area contributed by atoms with Crippen LogP contribution in [0.4, 0.5) is 0 Å². The topological polar surface area (TPSA) is 30.7 Å². The Bertz CT molecular complexity index is 365. The fraction of sp³-hybridized carbons (Fsp3) is 0.833. The van der Waals surface area contributed by atoms with Gasteiger partial charge in [-0.1, -0.05) is 27.7 Å². The fourth-order valence-corrected chi connectivity index (χ4v) is 3.68. The number of halogens is 1. The highest BCUT2D eigenvalue weighted by atomic mass is 35.5. The molecule has 90 valence electrons. The van der Waals surface area contributed by atoms with E-state index in [0.29, 0.717) is 22.2 Å². The minimum atomic E-state index is 0.361. The number of rotatable bonds is 1. The Kier molecular flexibility index (Phi) is 2.77. The van der Waals surface area contributed by atoms with Gasteiger partial charge in [-0.05, 0) is 41.7 Å². The van der Waals surface area contributed by atoms with Crippen LogP contribution in [0.25, 0.3) is 0 Å². The maximum Gasteiger partial charge on any atom is 0.225 e. The fourth-order valence-electron chi connectivity index (χ4n) is 3.46. The highest BCUT2D eigenvalue weighted by Gasteiger charge is 2.39. The third kappa shape index (κ3) is 2.40. The monoisotopic (exact) mass is 241 g/mol. The second kappa shape index (κ2) is 3.73. The van der Waals surface area contributed by atoms with E-state index in [1.165, 1.54) is 6.42 Å². The van der Waals surface area contributed by atoms with Gasteiger partial charge in [0.25, 0.3) is 0 Å². The first-order valence-electron chi connectivity index (χ1n) is 5.84. The third-order valence-electron chi connectivity index (χ3n) is 3.46. The van der Waals surface area contributed by atoms with Crippen LogP contribution in [-0.2, 0) is 0 Å². The molecule has 3 nitrogen and oxygen atoms in total. The van der Waals surface area contributed by atoms with E-state index in [1.807, 2.05) is 4.57 Å². The van der Waals surface area contributed by atoms with Crippen molar-refractivity contribution in [1.82, 2.24) is 14.8 Å². The van der Waals surface area contributed by atoms with Gasteiger partial charge in [0, 0.05) is 6.04 Å². The Hall–Kier alpha value is -0.570. The van der Waals surface area contributed by atoms with Crippen molar-refractivity contribution in [2.75, 3.05) is 0 Å². The van der Waals surface area contributed by atoms with Gasteiger partial charge in [0.1, 0.15) is 6.33 Å². The van der Waals surface area contributed by atoms with E-state index in [2.05, 4.69) is 37.9 Å². The predicted molar refractivity (Wildman–Crippen MR) is 65.5 cm³/mol. The normalized spacial score (nSPS) is 24.6. The van der Waals surface area contributed by atoms with Crippen LogP contribution in [0.15, 0.2) is 6.33 Å². The standard InChI is InChI=1S/C12H20ClN3/c1-11(2)5-9(6-12(3,4)7-11)16-8-14-15-10(16)13/h8-9H,5-7H2,1-4H3. The summed E-state index contributed by atoms with van der Waals surface area (Å²) >= 11 is 6.05. The van der Waals surface area contributed by atoms with Crippen LogP contribution in [0.1, 0.15) is 53.0 Å². The lowest BCUT2D eigenvalue weighted by Gasteiger charge is -2.45. The molecule has 0 bridgehead atoms. The highest BCUT2D eigenvalue weighted by molar-refractivity contribution is 6.28. The molecule has 4 heteroatoms. The molecule has 1 fully saturated rings. The van der Waals surface area contributed by atoms with Crippen LogP contribution >= 0.6 is 11.6 Å². The molecule has 0 unspecified atom stereocenters. The maximum atomic E-state index is 6.05. The van der Waals surface area contributed by atoms with Gasteiger partial charge >= 0.3 is 0 Å². The summed E-state index contributed by atoms with van der Waals surface area (Å²) in [5.41, 5.74) is 0.722. The van der Waals surface area contributed by atoms with E-state index >= 15 is 0 Å². The van der Waals surface area contributed by atoms with Crippen LogP contribution in [0.2, 0.25) is 5.28 Å². The second-order valence-electron chi connectivity index (χ2n) is 6.57. The van der Waals surface area contributed by atoms with Gasteiger partial charge < -0.3 is 4.57 Å². The number of aromatic nitrogens is 3. The molecule has 0 N–H and O–H groups in total. The highest BCUT2D eigenvalue weighted by Crippen LogP contribution is 2.50. The molecule has 16 heavy (non-hydrogen) atoms. The molecule has 1 aromatic heterocycles. The molecule has 0 aromatic carbocycles. The minimum absolute atomic E-state index is 0.361. The first kappa shape index (κ1) is 11.9. The molecule has 0 atom stereocenters. The van der Waals surface area contributed by atoms with Crippen LogP contribution in [-0.4, -0.2) is 14.8 Å². The first-order valence-corrected chi connectivity index (χ1v) is 6.22. The van der Waals surface area contributed by atoms with Crippen molar-refractivity contribution in [1.29, 1.82) is 0 Å². The van der Waals surface area contributed by atoms with Crippen molar-refractivity contribution in [3.05, 3.63) is 11.6 Å².